The zero-order chi connectivity index (χ0) is 23.3. The van der Waals surface area contributed by atoms with E-state index in [9.17, 15) is 18.3 Å². The lowest BCUT2D eigenvalue weighted by atomic mass is 9.99. The number of hydrogen-bond donors (Lipinski definition) is 2. The van der Waals surface area contributed by atoms with Crippen LogP contribution in [0.5, 0.6) is 0 Å². The van der Waals surface area contributed by atoms with E-state index < -0.39 is 18.8 Å². The zero-order valence-electron chi connectivity index (χ0n) is 18.1. The van der Waals surface area contributed by atoms with Gasteiger partial charge in [-0.3, -0.25) is 14.5 Å². The Morgan fingerprint density at radius 3 is 2.70 bits per heavy atom. The average molecular weight is 460 g/mol. The van der Waals surface area contributed by atoms with Crippen LogP contribution in [0.2, 0.25) is 0 Å². The van der Waals surface area contributed by atoms with Gasteiger partial charge in [-0.25, -0.2) is 4.98 Å². The van der Waals surface area contributed by atoms with E-state index in [2.05, 4.69) is 20.4 Å². The second kappa shape index (κ2) is 7.87. The number of aromatic amines is 1. The number of halogens is 3. The number of alkyl halides is 3. The molecule has 5 heterocycles. The standard InChI is InChI=1S/C21H23F3N8O/c1-12-9-13(33)5-8-31(12)17-10-15(16-4-7-26-30(16)2)27-19-18(14-3-6-25-28-14)29-32(20(17)19)11-21(22,23)24/h3-4,6-7,10,12-13,33H,5,8-9,11H2,1-2H3,(H,25,28)/t12-,13+/m1/s1. The molecule has 0 aliphatic carbocycles. The Kier molecular flexibility index (Phi) is 5.11. The third kappa shape index (κ3) is 3.94. The minimum atomic E-state index is -4.47. The summed E-state index contributed by atoms with van der Waals surface area (Å²) in [5.41, 5.74) is 3.30. The van der Waals surface area contributed by atoms with Gasteiger partial charge in [0.25, 0.3) is 0 Å². The molecular formula is C21H23F3N8O. The van der Waals surface area contributed by atoms with Crippen molar-refractivity contribution >= 4 is 16.7 Å². The largest absolute Gasteiger partial charge is 0.408 e. The predicted molar refractivity (Wildman–Crippen MR) is 115 cm³/mol. The van der Waals surface area contributed by atoms with Crippen molar-refractivity contribution in [3.8, 4) is 22.8 Å². The number of fused-ring (bicyclic) bond motifs is 1. The molecule has 4 aromatic heterocycles. The van der Waals surface area contributed by atoms with Crippen LogP contribution >= 0.6 is 0 Å². The Morgan fingerprint density at radius 1 is 1.24 bits per heavy atom. The maximum Gasteiger partial charge on any atom is 0.408 e. The Hall–Kier alpha value is -3.41. The molecule has 0 amide bonds. The molecule has 33 heavy (non-hydrogen) atoms. The molecule has 174 valence electrons. The van der Waals surface area contributed by atoms with Gasteiger partial charge in [0.05, 0.1) is 28.9 Å². The van der Waals surface area contributed by atoms with Crippen LogP contribution in [-0.2, 0) is 13.6 Å². The fraction of sp³-hybridized carbons (Fsp3) is 0.429. The van der Waals surface area contributed by atoms with Crippen molar-refractivity contribution in [2.75, 3.05) is 11.4 Å². The molecule has 0 unspecified atom stereocenters. The lowest BCUT2D eigenvalue weighted by Gasteiger charge is -2.38. The fourth-order valence-corrected chi connectivity index (χ4v) is 4.50. The highest BCUT2D eigenvalue weighted by atomic mass is 19.4. The first-order valence-electron chi connectivity index (χ1n) is 10.6. The number of aliphatic hydroxyl groups is 1. The monoisotopic (exact) mass is 460 g/mol. The molecule has 0 spiro atoms. The minimum Gasteiger partial charge on any atom is -0.393 e. The molecule has 12 heteroatoms. The number of nitrogens with one attached hydrogen (secondary N) is 1. The van der Waals surface area contributed by atoms with Crippen LogP contribution in [0.25, 0.3) is 33.8 Å². The number of aromatic nitrogens is 7. The second-order valence-electron chi connectivity index (χ2n) is 8.38. The molecule has 2 atom stereocenters. The van der Waals surface area contributed by atoms with E-state index in [-0.39, 0.29) is 6.04 Å². The molecule has 1 aliphatic rings. The normalized spacial score (nSPS) is 19.5. The topological polar surface area (TPSA) is 101 Å². The number of H-pyrrole nitrogens is 1. The Labute approximate surface area is 186 Å². The van der Waals surface area contributed by atoms with Gasteiger partial charge in [-0.2, -0.15) is 28.5 Å². The first kappa shape index (κ1) is 21.4. The number of anilines is 1. The Balaban J connectivity index is 1.81. The summed E-state index contributed by atoms with van der Waals surface area (Å²) in [5, 5.41) is 25.4. The Bertz CT molecular complexity index is 1280. The van der Waals surface area contributed by atoms with Gasteiger partial charge >= 0.3 is 6.18 Å². The van der Waals surface area contributed by atoms with E-state index in [1.165, 1.54) is 6.20 Å². The summed E-state index contributed by atoms with van der Waals surface area (Å²) >= 11 is 0. The van der Waals surface area contributed by atoms with Gasteiger partial charge in [0, 0.05) is 32.0 Å². The van der Waals surface area contributed by atoms with Crippen molar-refractivity contribution in [1.82, 2.24) is 34.7 Å². The van der Waals surface area contributed by atoms with E-state index in [1.807, 2.05) is 11.8 Å². The number of pyridine rings is 1. The SMILES string of the molecule is C[C@@H]1C[C@@H](O)CCN1c1cc(-c2ccnn2C)nc2c(-c3ccn[nH]3)nn(CC(F)(F)F)c12. The summed E-state index contributed by atoms with van der Waals surface area (Å²) in [6.45, 7) is 1.21. The van der Waals surface area contributed by atoms with Gasteiger partial charge in [0.1, 0.15) is 23.3 Å². The summed E-state index contributed by atoms with van der Waals surface area (Å²) in [4.78, 5) is 6.77. The number of aryl methyl sites for hydroxylation is 1. The summed E-state index contributed by atoms with van der Waals surface area (Å²) in [6.07, 6.45) is -0.702. The van der Waals surface area contributed by atoms with Crippen molar-refractivity contribution in [3.05, 3.63) is 30.6 Å². The van der Waals surface area contributed by atoms with Crippen molar-refractivity contribution in [2.45, 2.75) is 44.6 Å². The molecule has 1 aliphatic heterocycles. The number of rotatable bonds is 4. The first-order chi connectivity index (χ1) is 15.7. The third-order valence-corrected chi connectivity index (χ3v) is 6.00. The Morgan fingerprint density at radius 2 is 2.06 bits per heavy atom. The molecule has 5 rings (SSSR count). The molecule has 4 aromatic rings. The number of hydrogen-bond acceptors (Lipinski definition) is 6. The molecule has 0 radical (unpaired) electrons. The summed E-state index contributed by atoms with van der Waals surface area (Å²) in [6, 6.07) is 5.16. The van der Waals surface area contributed by atoms with E-state index in [0.29, 0.717) is 53.2 Å². The molecule has 0 bridgehead atoms. The van der Waals surface area contributed by atoms with Crippen LogP contribution in [-0.4, -0.2) is 64.7 Å². The van der Waals surface area contributed by atoms with Gasteiger partial charge in [-0.1, -0.05) is 0 Å². The molecule has 1 fully saturated rings. The first-order valence-corrected chi connectivity index (χ1v) is 10.6. The van der Waals surface area contributed by atoms with Gasteiger partial charge in [0.15, 0.2) is 0 Å². The van der Waals surface area contributed by atoms with Gasteiger partial charge in [0.2, 0.25) is 0 Å². The van der Waals surface area contributed by atoms with Crippen LogP contribution in [0.15, 0.2) is 30.6 Å². The van der Waals surface area contributed by atoms with E-state index >= 15 is 0 Å². The maximum absolute atomic E-state index is 13.5. The van der Waals surface area contributed by atoms with Crippen molar-refractivity contribution in [1.29, 1.82) is 0 Å². The predicted octanol–water partition coefficient (Wildman–Crippen LogP) is 3.13. The highest BCUT2D eigenvalue weighted by Gasteiger charge is 2.34. The lowest BCUT2D eigenvalue weighted by Crippen LogP contribution is -2.43. The molecule has 0 aromatic carbocycles. The summed E-state index contributed by atoms with van der Waals surface area (Å²) in [5.74, 6) is 0. The molecular weight excluding hydrogens is 437 g/mol. The van der Waals surface area contributed by atoms with Gasteiger partial charge in [-0.05, 0) is 38.0 Å². The van der Waals surface area contributed by atoms with Crippen LogP contribution in [0, 0.1) is 0 Å². The van der Waals surface area contributed by atoms with Crippen LogP contribution in [0.3, 0.4) is 0 Å². The quantitative estimate of drug-likeness (QED) is 0.485. The minimum absolute atomic E-state index is 0.0800. The second-order valence-corrected chi connectivity index (χ2v) is 8.38. The van der Waals surface area contributed by atoms with Crippen molar-refractivity contribution in [2.24, 2.45) is 7.05 Å². The third-order valence-electron chi connectivity index (χ3n) is 6.00. The number of nitrogens with zero attached hydrogens (tertiary/aromatic N) is 7. The lowest BCUT2D eigenvalue weighted by molar-refractivity contribution is -0.141. The molecule has 1 saturated heterocycles. The molecule has 9 nitrogen and oxygen atoms in total. The zero-order valence-corrected chi connectivity index (χ0v) is 18.1. The van der Waals surface area contributed by atoms with Crippen LogP contribution in [0.1, 0.15) is 19.8 Å². The van der Waals surface area contributed by atoms with E-state index in [0.717, 1.165) is 10.4 Å². The van der Waals surface area contributed by atoms with Gasteiger partial charge < -0.3 is 10.0 Å². The number of piperidine rings is 1. The van der Waals surface area contributed by atoms with E-state index in [4.69, 9.17) is 4.98 Å². The highest BCUT2D eigenvalue weighted by Crippen LogP contribution is 2.38. The van der Waals surface area contributed by atoms with Crippen LogP contribution in [0.4, 0.5) is 18.9 Å². The average Bonchev–Trinajstić information content (AvgIpc) is 3.47. The van der Waals surface area contributed by atoms with Crippen LogP contribution < -0.4 is 4.90 Å². The van der Waals surface area contributed by atoms with Crippen molar-refractivity contribution < 1.29 is 18.3 Å². The molecule has 2 N–H and O–H groups in total. The number of aliphatic hydroxyl groups excluding tert-OH is 1. The smallest absolute Gasteiger partial charge is 0.393 e. The summed E-state index contributed by atoms with van der Waals surface area (Å²) in [7, 11) is 1.78. The van der Waals surface area contributed by atoms with Gasteiger partial charge in [-0.15, -0.1) is 0 Å². The summed E-state index contributed by atoms with van der Waals surface area (Å²) < 4.78 is 43.2. The van der Waals surface area contributed by atoms with Crippen molar-refractivity contribution in [3.63, 3.8) is 0 Å². The van der Waals surface area contributed by atoms with E-state index in [1.54, 1.807) is 36.1 Å². The highest BCUT2D eigenvalue weighted by molar-refractivity contribution is 5.99. The maximum atomic E-state index is 13.5. The molecule has 0 saturated carbocycles. The fourth-order valence-electron chi connectivity index (χ4n) is 4.50.